The maximum Gasteiger partial charge on any atom is 0.180 e. The van der Waals surface area contributed by atoms with Gasteiger partial charge in [0.1, 0.15) is 0 Å². The Morgan fingerprint density at radius 2 is 0.767 bits per heavy atom. The van der Waals surface area contributed by atoms with Crippen LogP contribution < -0.4 is 9.13 Å². The predicted octanol–water partition coefficient (Wildman–Crippen LogP) is 7.82. The quantitative estimate of drug-likeness (QED) is 0.337. The van der Waals surface area contributed by atoms with Crippen LogP contribution in [0.15, 0.2) is 109 Å². The predicted molar refractivity (Wildman–Crippen MR) is 139 cm³/mol. The lowest BCUT2D eigenvalue weighted by Crippen LogP contribution is -2.45. The Morgan fingerprint density at radius 1 is 0.500 bits per heavy atom. The molecule has 154 valence electrons. The highest BCUT2D eigenvalue weighted by Gasteiger charge is 2.30. The summed E-state index contributed by atoms with van der Waals surface area (Å²) in [6.07, 6.45) is 0. The van der Waals surface area contributed by atoms with Gasteiger partial charge in [-0.15, -0.1) is 13.2 Å². The summed E-state index contributed by atoms with van der Waals surface area (Å²) in [4.78, 5) is 0. The maximum atomic E-state index is 4.14. The summed E-state index contributed by atoms with van der Waals surface area (Å²) in [5, 5.41) is 0. The highest BCUT2D eigenvalue weighted by Crippen LogP contribution is 2.36. The van der Waals surface area contributed by atoms with Gasteiger partial charge in [0.2, 0.25) is 0 Å². The first-order valence-corrected chi connectivity index (χ1v) is 16.4. The van der Waals surface area contributed by atoms with Crippen molar-refractivity contribution in [3.63, 3.8) is 0 Å². The molecular weight excluding hydrogens is 396 g/mol. The largest absolute Gasteiger partial charge is 0.365 e. The Balaban J connectivity index is 2.06. The molecule has 0 amide bonds. The number of rotatable bonds is 8. The van der Waals surface area contributed by atoms with E-state index in [9.17, 15) is 0 Å². The van der Waals surface area contributed by atoms with E-state index in [1.165, 1.54) is 22.7 Å². The molecule has 0 fully saturated rings. The summed E-state index contributed by atoms with van der Waals surface area (Å²) in [7, 11) is -3.73. The average molecular weight is 429 g/mol. The summed E-state index contributed by atoms with van der Waals surface area (Å²) in [6.45, 7) is 17.6. The molecule has 0 N–H and O–H groups in total. The van der Waals surface area contributed by atoms with Gasteiger partial charge in [0.05, 0.1) is 0 Å². The van der Waals surface area contributed by atoms with E-state index in [1.807, 2.05) is 0 Å². The van der Waals surface area contributed by atoms with Crippen molar-refractivity contribution in [2.45, 2.75) is 26.2 Å². The van der Waals surface area contributed by atoms with Gasteiger partial charge in [-0.1, -0.05) is 47.8 Å². The zero-order chi connectivity index (χ0) is 21.8. The molecule has 3 aromatic carbocycles. The van der Waals surface area contributed by atoms with E-state index in [1.54, 1.807) is 0 Å². The molecule has 0 aliphatic heterocycles. The molecule has 0 aromatic heterocycles. The van der Waals surface area contributed by atoms with Crippen molar-refractivity contribution < 1.29 is 0 Å². The Labute approximate surface area is 184 Å². The fourth-order valence-corrected chi connectivity index (χ4v) is 7.34. The molecule has 0 saturated heterocycles. The van der Waals surface area contributed by atoms with Gasteiger partial charge in [-0.05, 0) is 74.7 Å². The fourth-order valence-electron chi connectivity index (χ4n) is 3.72. The summed E-state index contributed by atoms with van der Waals surface area (Å²) < 4.78 is 4.93. The van der Waals surface area contributed by atoms with Crippen LogP contribution in [0.2, 0.25) is 26.2 Å². The van der Waals surface area contributed by atoms with Crippen LogP contribution >= 0.6 is 0 Å². The summed E-state index contributed by atoms with van der Waals surface area (Å²) in [5.41, 5.74) is 9.10. The second-order valence-corrected chi connectivity index (χ2v) is 16.9. The Morgan fingerprint density at radius 3 is 1.03 bits per heavy atom. The molecule has 0 saturated carbocycles. The van der Waals surface area contributed by atoms with E-state index >= 15 is 0 Å². The van der Waals surface area contributed by atoms with Crippen LogP contribution in [-0.2, 0) is 0 Å². The van der Waals surface area contributed by atoms with Crippen LogP contribution in [-0.4, -0.2) is 16.5 Å². The lowest BCUT2D eigenvalue weighted by Gasteiger charge is -2.39. The number of para-hydroxylation sites is 2. The first-order chi connectivity index (χ1) is 14.3. The molecule has 0 bridgehead atoms. The molecule has 0 aliphatic carbocycles. The van der Waals surface area contributed by atoms with Crippen LogP contribution in [0, 0.1) is 0 Å². The molecular formula is C26H32N2Si2. The zero-order valence-corrected chi connectivity index (χ0v) is 20.5. The van der Waals surface area contributed by atoms with Crippen LogP contribution in [0.4, 0.5) is 22.7 Å². The SMILES string of the molecule is C=C[Si](C)(C)N(c1ccccc1)c1ccc(N(c2ccccc2)[Si](C)(C)C=C)cc1. The second kappa shape index (κ2) is 8.90. The van der Waals surface area contributed by atoms with E-state index in [4.69, 9.17) is 0 Å². The number of hydrogen-bond acceptors (Lipinski definition) is 2. The summed E-state index contributed by atoms with van der Waals surface area (Å²) >= 11 is 0. The molecule has 4 heteroatoms. The van der Waals surface area contributed by atoms with Crippen molar-refractivity contribution >= 4 is 39.2 Å². The van der Waals surface area contributed by atoms with Crippen molar-refractivity contribution in [3.8, 4) is 0 Å². The van der Waals surface area contributed by atoms with Crippen LogP contribution in [0.1, 0.15) is 0 Å². The first-order valence-electron chi connectivity index (χ1n) is 10.4. The molecule has 0 aliphatic rings. The summed E-state index contributed by atoms with van der Waals surface area (Å²) in [5.74, 6) is 0. The number of benzene rings is 3. The van der Waals surface area contributed by atoms with Gasteiger partial charge >= 0.3 is 0 Å². The number of nitrogens with zero attached hydrogens (tertiary/aromatic N) is 2. The molecule has 0 atom stereocenters. The van der Waals surface area contributed by atoms with E-state index in [2.05, 4.69) is 145 Å². The molecule has 2 nitrogen and oxygen atoms in total. The van der Waals surface area contributed by atoms with Gasteiger partial charge in [-0.3, -0.25) is 0 Å². The molecule has 0 heterocycles. The third-order valence-electron chi connectivity index (χ3n) is 5.55. The smallest absolute Gasteiger partial charge is 0.180 e. The van der Waals surface area contributed by atoms with Gasteiger partial charge in [-0.25, -0.2) is 0 Å². The van der Waals surface area contributed by atoms with Crippen molar-refractivity contribution in [1.82, 2.24) is 0 Å². The topological polar surface area (TPSA) is 6.48 Å². The minimum absolute atomic E-state index is 1.20. The molecule has 3 rings (SSSR count). The maximum absolute atomic E-state index is 4.14. The van der Waals surface area contributed by atoms with E-state index < -0.39 is 16.5 Å². The van der Waals surface area contributed by atoms with E-state index in [0.29, 0.717) is 0 Å². The lowest BCUT2D eigenvalue weighted by atomic mass is 10.2. The number of hydrogen-bond donors (Lipinski definition) is 0. The Bertz CT molecular complexity index is 898. The zero-order valence-electron chi connectivity index (χ0n) is 18.5. The molecule has 30 heavy (non-hydrogen) atoms. The second-order valence-electron chi connectivity index (χ2n) is 8.57. The van der Waals surface area contributed by atoms with Gasteiger partial charge in [-0.2, -0.15) is 0 Å². The third-order valence-corrected chi connectivity index (χ3v) is 10.9. The van der Waals surface area contributed by atoms with Crippen molar-refractivity contribution in [3.05, 3.63) is 109 Å². The minimum atomic E-state index is -1.86. The first kappa shape index (κ1) is 21.9. The third kappa shape index (κ3) is 4.50. The highest BCUT2D eigenvalue weighted by atomic mass is 28.3. The molecule has 0 unspecified atom stereocenters. The van der Waals surface area contributed by atoms with Gasteiger partial charge in [0, 0.05) is 22.7 Å². The summed E-state index contributed by atoms with van der Waals surface area (Å²) in [6, 6.07) is 30.2. The monoisotopic (exact) mass is 428 g/mol. The standard InChI is InChI=1S/C26H32N2Si2/c1-7-29(3,4)27(23-15-11-9-12-16-23)25-19-21-26(22-20-25)28(30(5,6)8-2)24-17-13-10-14-18-24/h7-22H,1-2H2,3-6H3. The normalized spacial score (nSPS) is 11.6. The Hall–Kier alpha value is -2.83. The van der Waals surface area contributed by atoms with Crippen molar-refractivity contribution in [1.29, 1.82) is 0 Å². The van der Waals surface area contributed by atoms with Crippen molar-refractivity contribution in [2.75, 3.05) is 9.13 Å². The van der Waals surface area contributed by atoms with Crippen LogP contribution in [0.25, 0.3) is 0 Å². The Kier molecular flexibility index (Phi) is 6.49. The van der Waals surface area contributed by atoms with Crippen LogP contribution in [0.3, 0.4) is 0 Å². The van der Waals surface area contributed by atoms with Gasteiger partial charge in [0.15, 0.2) is 16.5 Å². The molecule has 3 aromatic rings. The fraction of sp³-hybridized carbons (Fsp3) is 0.154. The highest BCUT2D eigenvalue weighted by molar-refractivity contribution is 6.87. The van der Waals surface area contributed by atoms with Gasteiger partial charge < -0.3 is 9.13 Å². The van der Waals surface area contributed by atoms with Crippen molar-refractivity contribution in [2.24, 2.45) is 0 Å². The van der Waals surface area contributed by atoms with E-state index in [0.717, 1.165) is 0 Å². The van der Waals surface area contributed by atoms with Gasteiger partial charge in [0.25, 0.3) is 0 Å². The number of anilines is 4. The van der Waals surface area contributed by atoms with E-state index in [-0.39, 0.29) is 0 Å². The molecule has 0 spiro atoms. The lowest BCUT2D eigenvalue weighted by molar-refractivity contribution is 1.30. The van der Waals surface area contributed by atoms with Crippen LogP contribution in [0.5, 0.6) is 0 Å². The average Bonchev–Trinajstić information content (AvgIpc) is 2.76. The molecule has 0 radical (unpaired) electrons. The minimum Gasteiger partial charge on any atom is -0.365 e.